The lowest BCUT2D eigenvalue weighted by Gasteiger charge is -2.55. The molecular weight excluding hydrogens is 310 g/mol. The minimum atomic E-state index is 0.180. The summed E-state index contributed by atoms with van der Waals surface area (Å²) in [6.07, 6.45) is 2.75. The summed E-state index contributed by atoms with van der Waals surface area (Å²) >= 11 is 0. The van der Waals surface area contributed by atoms with E-state index in [9.17, 15) is 0 Å². The van der Waals surface area contributed by atoms with Gasteiger partial charge in [0, 0.05) is 49.5 Å². The average Bonchev–Trinajstić information content (AvgIpc) is 3.23. The smallest absolute Gasteiger partial charge is 0.193 e. The fourth-order valence-corrected chi connectivity index (χ4v) is 5.27. The van der Waals surface area contributed by atoms with Crippen molar-refractivity contribution in [3.8, 4) is 0 Å². The monoisotopic (exact) mass is 341 g/mol. The molecule has 4 heteroatoms. The van der Waals surface area contributed by atoms with Gasteiger partial charge in [0.1, 0.15) is 0 Å². The van der Waals surface area contributed by atoms with Crippen LogP contribution in [-0.2, 0) is 10.2 Å². The summed E-state index contributed by atoms with van der Waals surface area (Å²) in [4.78, 5) is 7.06. The van der Waals surface area contributed by atoms with Crippen LogP contribution >= 0.6 is 0 Å². The second-order valence-electron chi connectivity index (χ2n) is 8.83. The zero-order valence-corrected chi connectivity index (χ0v) is 16.0. The van der Waals surface area contributed by atoms with Gasteiger partial charge in [-0.25, -0.2) is 0 Å². The van der Waals surface area contributed by atoms with Gasteiger partial charge < -0.3 is 15.0 Å². The maximum Gasteiger partial charge on any atom is 0.193 e. The molecule has 0 spiro atoms. The van der Waals surface area contributed by atoms with E-state index in [-0.39, 0.29) is 10.8 Å². The van der Waals surface area contributed by atoms with Crippen molar-refractivity contribution in [2.75, 3.05) is 26.7 Å². The van der Waals surface area contributed by atoms with Crippen LogP contribution in [0.5, 0.6) is 0 Å². The third-order valence-corrected chi connectivity index (χ3v) is 6.84. The SMILES string of the molecule is CN=C(NC1C2CCOC2C1(C)C)N1CCC(C)(c2ccccc2)C1. The lowest BCUT2D eigenvalue weighted by molar-refractivity contribution is -0.107. The Balaban J connectivity index is 1.46. The van der Waals surface area contributed by atoms with Crippen LogP contribution in [0.2, 0.25) is 0 Å². The number of guanidine groups is 1. The number of nitrogens with zero attached hydrogens (tertiary/aromatic N) is 2. The Morgan fingerprint density at radius 1 is 1.24 bits per heavy atom. The van der Waals surface area contributed by atoms with Gasteiger partial charge in [-0.2, -0.15) is 0 Å². The van der Waals surface area contributed by atoms with Crippen molar-refractivity contribution in [3.63, 3.8) is 0 Å². The highest BCUT2D eigenvalue weighted by Crippen LogP contribution is 2.52. The summed E-state index contributed by atoms with van der Waals surface area (Å²) in [7, 11) is 1.91. The van der Waals surface area contributed by atoms with Gasteiger partial charge >= 0.3 is 0 Å². The lowest BCUT2D eigenvalue weighted by atomic mass is 9.57. The van der Waals surface area contributed by atoms with Gasteiger partial charge in [-0.05, 0) is 18.4 Å². The highest BCUT2D eigenvalue weighted by Gasteiger charge is 2.59. The Bertz CT molecular complexity index is 656. The largest absolute Gasteiger partial charge is 0.377 e. The summed E-state index contributed by atoms with van der Waals surface area (Å²) in [5.41, 5.74) is 1.81. The van der Waals surface area contributed by atoms with E-state index in [0.29, 0.717) is 18.1 Å². The molecule has 1 N–H and O–H groups in total. The second kappa shape index (κ2) is 6.01. The normalized spacial score (nSPS) is 36.9. The van der Waals surface area contributed by atoms with Gasteiger partial charge in [0.25, 0.3) is 0 Å². The zero-order valence-electron chi connectivity index (χ0n) is 16.0. The Kier molecular flexibility index (Phi) is 4.06. The molecule has 0 aromatic heterocycles. The molecule has 0 radical (unpaired) electrons. The predicted molar refractivity (Wildman–Crippen MR) is 102 cm³/mol. The van der Waals surface area contributed by atoms with Gasteiger partial charge in [0.15, 0.2) is 5.96 Å². The average molecular weight is 341 g/mol. The predicted octanol–water partition coefficient (Wildman–Crippen LogP) is 3.04. The highest BCUT2D eigenvalue weighted by atomic mass is 16.5. The van der Waals surface area contributed by atoms with E-state index in [0.717, 1.165) is 25.7 Å². The summed E-state index contributed by atoms with van der Waals surface area (Å²) < 4.78 is 5.94. The molecule has 25 heavy (non-hydrogen) atoms. The summed E-state index contributed by atoms with van der Waals surface area (Å²) in [5, 5.41) is 3.79. The van der Waals surface area contributed by atoms with Gasteiger partial charge in [-0.3, -0.25) is 4.99 Å². The van der Waals surface area contributed by atoms with Crippen molar-refractivity contribution >= 4 is 5.96 Å². The Morgan fingerprint density at radius 3 is 2.72 bits per heavy atom. The highest BCUT2D eigenvalue weighted by molar-refractivity contribution is 5.81. The Hall–Kier alpha value is -1.55. The summed E-state index contributed by atoms with van der Waals surface area (Å²) in [6, 6.07) is 11.4. The Morgan fingerprint density at radius 2 is 2.00 bits per heavy atom. The summed E-state index contributed by atoms with van der Waals surface area (Å²) in [6.45, 7) is 10.0. The van der Waals surface area contributed by atoms with E-state index in [2.05, 4.69) is 66.3 Å². The van der Waals surface area contributed by atoms with Crippen LogP contribution in [0, 0.1) is 11.3 Å². The number of fused-ring (bicyclic) bond motifs is 1. The lowest BCUT2D eigenvalue weighted by Crippen LogP contribution is -2.68. The number of nitrogens with one attached hydrogen (secondary N) is 1. The first-order valence-corrected chi connectivity index (χ1v) is 9.61. The van der Waals surface area contributed by atoms with Crippen LogP contribution < -0.4 is 5.32 Å². The molecule has 2 heterocycles. The molecule has 1 aliphatic carbocycles. The number of hydrogen-bond donors (Lipinski definition) is 1. The van der Waals surface area contributed by atoms with Gasteiger partial charge in [-0.1, -0.05) is 51.1 Å². The Labute approximate surface area is 151 Å². The molecule has 4 nitrogen and oxygen atoms in total. The topological polar surface area (TPSA) is 36.9 Å². The number of benzene rings is 1. The van der Waals surface area contributed by atoms with Crippen molar-refractivity contribution in [2.45, 2.75) is 51.2 Å². The van der Waals surface area contributed by atoms with E-state index in [1.54, 1.807) is 0 Å². The fourth-order valence-electron chi connectivity index (χ4n) is 5.27. The number of rotatable bonds is 2. The van der Waals surface area contributed by atoms with E-state index >= 15 is 0 Å². The van der Waals surface area contributed by atoms with Crippen LogP contribution in [-0.4, -0.2) is 49.7 Å². The third kappa shape index (κ3) is 2.66. The molecular formula is C21H31N3O. The molecule has 4 atom stereocenters. The quantitative estimate of drug-likeness (QED) is 0.663. The van der Waals surface area contributed by atoms with Gasteiger partial charge in [0.2, 0.25) is 0 Å². The second-order valence-corrected chi connectivity index (χ2v) is 8.83. The number of aliphatic imine (C=N–C) groups is 1. The molecule has 1 aromatic rings. The molecule has 136 valence electrons. The number of hydrogen-bond acceptors (Lipinski definition) is 2. The van der Waals surface area contributed by atoms with Crippen LogP contribution in [0.15, 0.2) is 35.3 Å². The zero-order chi connectivity index (χ0) is 17.7. The van der Waals surface area contributed by atoms with Crippen molar-refractivity contribution in [3.05, 3.63) is 35.9 Å². The van der Waals surface area contributed by atoms with Gasteiger partial charge in [-0.15, -0.1) is 0 Å². The first kappa shape index (κ1) is 16.9. The van der Waals surface area contributed by atoms with E-state index in [1.165, 1.54) is 18.4 Å². The minimum Gasteiger partial charge on any atom is -0.377 e. The van der Waals surface area contributed by atoms with Crippen LogP contribution in [0.4, 0.5) is 0 Å². The summed E-state index contributed by atoms with van der Waals surface area (Å²) in [5.74, 6) is 1.69. The molecule has 3 aliphatic rings. The third-order valence-electron chi connectivity index (χ3n) is 6.84. The minimum absolute atomic E-state index is 0.180. The van der Waals surface area contributed by atoms with E-state index in [4.69, 9.17) is 4.74 Å². The van der Waals surface area contributed by atoms with E-state index < -0.39 is 0 Å². The number of likely N-dealkylation sites (tertiary alicyclic amines) is 1. The molecule has 0 amide bonds. The van der Waals surface area contributed by atoms with Crippen molar-refractivity contribution in [2.24, 2.45) is 16.3 Å². The van der Waals surface area contributed by atoms with Gasteiger partial charge in [0.05, 0.1) is 6.10 Å². The molecule has 1 aromatic carbocycles. The van der Waals surface area contributed by atoms with Crippen molar-refractivity contribution < 1.29 is 4.74 Å². The molecule has 2 aliphatic heterocycles. The fraction of sp³-hybridized carbons (Fsp3) is 0.667. The maximum absolute atomic E-state index is 5.94. The van der Waals surface area contributed by atoms with Crippen molar-refractivity contribution in [1.82, 2.24) is 10.2 Å². The first-order chi connectivity index (χ1) is 12.0. The molecule has 3 fully saturated rings. The molecule has 4 unspecified atom stereocenters. The molecule has 0 bridgehead atoms. The van der Waals surface area contributed by atoms with Crippen LogP contribution in [0.1, 0.15) is 39.2 Å². The van der Waals surface area contributed by atoms with E-state index in [1.807, 2.05) is 7.05 Å². The first-order valence-electron chi connectivity index (χ1n) is 9.61. The van der Waals surface area contributed by atoms with Crippen LogP contribution in [0.25, 0.3) is 0 Å². The standard InChI is InChI=1S/C21H31N3O/c1-20(2)17(16-10-13-25-18(16)20)23-19(22-4)24-12-11-21(3,14-24)15-8-6-5-7-9-15/h5-9,16-18H,10-14H2,1-4H3,(H,22,23). The van der Waals surface area contributed by atoms with Crippen molar-refractivity contribution in [1.29, 1.82) is 0 Å². The molecule has 2 saturated heterocycles. The van der Waals surface area contributed by atoms with Crippen LogP contribution in [0.3, 0.4) is 0 Å². The molecule has 4 rings (SSSR count). The maximum atomic E-state index is 5.94. The molecule has 1 saturated carbocycles. The number of ether oxygens (including phenoxy) is 1.